The van der Waals surface area contributed by atoms with E-state index in [-0.39, 0.29) is 23.6 Å². The third-order valence-electron chi connectivity index (χ3n) is 6.31. The summed E-state index contributed by atoms with van der Waals surface area (Å²) in [7, 11) is 0. The van der Waals surface area contributed by atoms with Crippen LogP contribution in [-0.4, -0.2) is 27.9 Å². The molecule has 4 rings (SSSR count). The van der Waals surface area contributed by atoms with E-state index in [0.29, 0.717) is 11.9 Å². The second-order valence-electron chi connectivity index (χ2n) is 9.01. The summed E-state index contributed by atoms with van der Waals surface area (Å²) >= 11 is 0. The summed E-state index contributed by atoms with van der Waals surface area (Å²) in [5.74, 6) is 1.25. The molecule has 0 radical (unpaired) electrons. The molecule has 1 aliphatic heterocycles. The van der Waals surface area contributed by atoms with Gasteiger partial charge in [0, 0.05) is 6.04 Å². The Kier molecular flexibility index (Phi) is 5.31. The molecule has 1 heterocycles. The lowest BCUT2D eigenvalue weighted by atomic mass is 9.83. The number of guanidine groups is 1. The Morgan fingerprint density at radius 3 is 2.43 bits per heavy atom. The highest BCUT2D eigenvalue weighted by Gasteiger charge is 2.58. The Morgan fingerprint density at radius 2 is 1.83 bits per heavy atom. The molecule has 30 heavy (non-hydrogen) atoms. The van der Waals surface area contributed by atoms with E-state index in [4.69, 9.17) is 10.7 Å². The molecule has 1 saturated carbocycles. The van der Waals surface area contributed by atoms with Crippen molar-refractivity contribution in [3.05, 3.63) is 54.1 Å². The fourth-order valence-electron chi connectivity index (χ4n) is 4.73. The van der Waals surface area contributed by atoms with Crippen LogP contribution in [0.15, 0.2) is 53.5 Å². The van der Waals surface area contributed by atoms with Crippen LogP contribution in [0, 0.1) is 11.8 Å². The predicted molar refractivity (Wildman–Crippen MR) is 120 cm³/mol. The van der Waals surface area contributed by atoms with Crippen LogP contribution in [-0.2, 0) is 10.3 Å². The van der Waals surface area contributed by atoms with Crippen LogP contribution < -0.4 is 5.73 Å². The summed E-state index contributed by atoms with van der Waals surface area (Å²) in [4.78, 5) is 20.5. The second kappa shape index (κ2) is 7.78. The van der Waals surface area contributed by atoms with E-state index in [1.165, 1.54) is 0 Å². The van der Waals surface area contributed by atoms with Crippen molar-refractivity contribution in [2.75, 3.05) is 0 Å². The van der Waals surface area contributed by atoms with Gasteiger partial charge in [-0.25, -0.2) is 4.99 Å². The van der Waals surface area contributed by atoms with Gasteiger partial charge in [-0.2, -0.15) is 0 Å². The van der Waals surface area contributed by atoms with Gasteiger partial charge in [0.05, 0.1) is 0 Å². The van der Waals surface area contributed by atoms with Gasteiger partial charge in [-0.05, 0) is 72.4 Å². The van der Waals surface area contributed by atoms with Gasteiger partial charge in [0.25, 0.3) is 5.91 Å². The minimum Gasteiger partial charge on any atom is -0.508 e. The van der Waals surface area contributed by atoms with E-state index in [1.54, 1.807) is 17.0 Å². The van der Waals surface area contributed by atoms with Gasteiger partial charge in [-0.3, -0.25) is 9.69 Å². The molecule has 0 bridgehead atoms. The maximum atomic E-state index is 13.9. The van der Waals surface area contributed by atoms with E-state index in [0.717, 1.165) is 42.4 Å². The SMILES string of the molecule is CC[C@H](CC(C)C)N1C(=O)C(c2cccc(-c3cccc(O)c3)c2)(C2CC2)N=C1N. The number of aromatic hydroxyl groups is 1. The standard InChI is InChI=1S/C25H31N3O2/c1-4-21(13-16(2)3)28-23(30)25(19-11-12-19,27-24(28)26)20-9-5-7-17(14-20)18-8-6-10-22(29)15-18/h5-10,14-16,19,21,29H,4,11-13H2,1-3H3,(H2,26,27)/t21-,25?/m1/s1. The van der Waals surface area contributed by atoms with Crippen molar-refractivity contribution in [2.45, 2.75) is 58.0 Å². The number of hydrogen-bond donors (Lipinski definition) is 2. The molecular weight excluding hydrogens is 374 g/mol. The molecular formula is C25H31N3O2. The number of nitrogens with two attached hydrogens (primary N) is 1. The third-order valence-corrected chi connectivity index (χ3v) is 6.31. The zero-order valence-corrected chi connectivity index (χ0v) is 18.0. The first-order valence-electron chi connectivity index (χ1n) is 11.0. The summed E-state index contributed by atoms with van der Waals surface area (Å²) < 4.78 is 0. The Balaban J connectivity index is 1.76. The number of rotatable bonds is 7. The molecule has 5 heteroatoms. The number of nitrogens with zero attached hydrogens (tertiary/aromatic N) is 2. The number of phenols is 1. The van der Waals surface area contributed by atoms with Crippen LogP contribution in [0.3, 0.4) is 0 Å². The van der Waals surface area contributed by atoms with Crippen LogP contribution in [0.1, 0.15) is 52.0 Å². The zero-order chi connectivity index (χ0) is 21.5. The van der Waals surface area contributed by atoms with E-state index in [1.807, 2.05) is 36.4 Å². The van der Waals surface area contributed by atoms with Gasteiger partial charge in [0.1, 0.15) is 5.75 Å². The lowest BCUT2D eigenvalue weighted by molar-refractivity contribution is -0.134. The van der Waals surface area contributed by atoms with Crippen molar-refractivity contribution >= 4 is 11.9 Å². The quantitative estimate of drug-likeness (QED) is 0.704. The summed E-state index contributed by atoms with van der Waals surface area (Å²) in [6.45, 7) is 6.44. The van der Waals surface area contributed by atoms with Gasteiger partial charge in [-0.15, -0.1) is 0 Å². The molecule has 3 N–H and O–H groups in total. The molecule has 0 spiro atoms. The van der Waals surface area contributed by atoms with Crippen LogP contribution in [0.25, 0.3) is 11.1 Å². The minimum absolute atomic E-state index is 0.0167. The highest BCUT2D eigenvalue weighted by molar-refractivity contribution is 6.08. The Hall–Kier alpha value is -2.82. The van der Waals surface area contributed by atoms with Gasteiger partial charge in [0.15, 0.2) is 11.5 Å². The van der Waals surface area contributed by atoms with Crippen molar-refractivity contribution < 1.29 is 9.90 Å². The Labute approximate surface area is 178 Å². The summed E-state index contributed by atoms with van der Waals surface area (Å²) in [5, 5.41) is 9.88. The fourth-order valence-corrected chi connectivity index (χ4v) is 4.73. The smallest absolute Gasteiger partial charge is 0.262 e. The molecule has 2 aliphatic rings. The first-order valence-corrected chi connectivity index (χ1v) is 11.0. The highest BCUT2D eigenvalue weighted by atomic mass is 16.3. The van der Waals surface area contributed by atoms with Gasteiger partial charge < -0.3 is 10.8 Å². The summed E-state index contributed by atoms with van der Waals surface area (Å²) in [5.41, 5.74) is 8.22. The summed E-state index contributed by atoms with van der Waals surface area (Å²) in [6, 6.07) is 15.2. The highest BCUT2D eigenvalue weighted by Crippen LogP contribution is 2.52. The van der Waals surface area contributed by atoms with Crippen LogP contribution in [0.2, 0.25) is 0 Å². The molecule has 1 unspecified atom stereocenters. The molecule has 158 valence electrons. The first kappa shape index (κ1) is 20.5. The van der Waals surface area contributed by atoms with E-state index in [9.17, 15) is 9.90 Å². The molecule has 2 aromatic carbocycles. The van der Waals surface area contributed by atoms with Crippen molar-refractivity contribution in [3.8, 4) is 16.9 Å². The average Bonchev–Trinajstić information content (AvgIpc) is 3.53. The number of carbonyl (C=O) groups excluding carboxylic acids is 1. The van der Waals surface area contributed by atoms with Crippen molar-refractivity contribution in [1.29, 1.82) is 0 Å². The van der Waals surface area contributed by atoms with Crippen LogP contribution >= 0.6 is 0 Å². The first-order chi connectivity index (χ1) is 14.4. The molecule has 2 aromatic rings. The second-order valence-corrected chi connectivity index (χ2v) is 9.01. The number of phenolic OH excluding ortho intramolecular Hbond substituents is 1. The van der Waals surface area contributed by atoms with Crippen LogP contribution in [0.5, 0.6) is 5.75 Å². The van der Waals surface area contributed by atoms with Gasteiger partial charge >= 0.3 is 0 Å². The molecule has 0 saturated heterocycles. The lowest BCUT2D eigenvalue weighted by Crippen LogP contribution is -2.49. The maximum Gasteiger partial charge on any atom is 0.262 e. The van der Waals surface area contributed by atoms with E-state index >= 15 is 0 Å². The number of hydrogen-bond acceptors (Lipinski definition) is 4. The zero-order valence-electron chi connectivity index (χ0n) is 18.0. The third kappa shape index (κ3) is 3.47. The molecule has 1 amide bonds. The van der Waals surface area contributed by atoms with Crippen molar-refractivity contribution in [3.63, 3.8) is 0 Å². The lowest BCUT2D eigenvalue weighted by Gasteiger charge is -2.32. The molecule has 1 fully saturated rings. The summed E-state index contributed by atoms with van der Waals surface area (Å²) in [6.07, 6.45) is 3.72. The van der Waals surface area contributed by atoms with Crippen LogP contribution in [0.4, 0.5) is 0 Å². The van der Waals surface area contributed by atoms with Crippen molar-refractivity contribution in [1.82, 2.24) is 4.90 Å². The maximum absolute atomic E-state index is 13.9. The Bertz CT molecular complexity index is 980. The Morgan fingerprint density at radius 1 is 1.17 bits per heavy atom. The monoisotopic (exact) mass is 405 g/mol. The topological polar surface area (TPSA) is 78.9 Å². The van der Waals surface area contributed by atoms with E-state index in [2.05, 4.69) is 20.8 Å². The number of benzene rings is 2. The average molecular weight is 406 g/mol. The number of aliphatic imine (C=N–C) groups is 1. The fraction of sp³-hybridized carbons (Fsp3) is 0.440. The number of amides is 1. The van der Waals surface area contributed by atoms with Gasteiger partial charge in [-0.1, -0.05) is 51.1 Å². The minimum atomic E-state index is -0.929. The van der Waals surface area contributed by atoms with Crippen molar-refractivity contribution in [2.24, 2.45) is 22.6 Å². The predicted octanol–water partition coefficient (Wildman–Crippen LogP) is 4.65. The molecule has 5 nitrogen and oxygen atoms in total. The molecule has 0 aromatic heterocycles. The largest absolute Gasteiger partial charge is 0.508 e. The molecule has 2 atom stereocenters. The molecule has 1 aliphatic carbocycles. The van der Waals surface area contributed by atoms with E-state index < -0.39 is 5.54 Å². The normalized spacial score (nSPS) is 22.5. The number of carbonyl (C=O) groups is 1. The van der Waals surface area contributed by atoms with Gasteiger partial charge in [0.2, 0.25) is 0 Å².